The lowest BCUT2D eigenvalue weighted by Crippen LogP contribution is -2.42. The van der Waals surface area contributed by atoms with Crippen molar-refractivity contribution in [3.05, 3.63) is 48.0 Å². The van der Waals surface area contributed by atoms with Crippen molar-refractivity contribution >= 4 is 5.91 Å². The highest BCUT2D eigenvalue weighted by Crippen LogP contribution is 2.29. The standard InChI is InChI=1S/C19H26N4O/c1-3-17(15-9-6-5-7-10-15)19(24)23-12-8-11-16(13-23)18-21-20-14-22(18)4-2/h5-7,9-10,14,16-17H,3-4,8,11-13H2,1-2H3/t16-,17-/m1/s1. The van der Waals surface area contributed by atoms with E-state index in [1.807, 2.05) is 23.1 Å². The van der Waals surface area contributed by atoms with Crippen LogP contribution in [-0.4, -0.2) is 38.7 Å². The second-order valence-corrected chi connectivity index (χ2v) is 6.47. The zero-order valence-electron chi connectivity index (χ0n) is 14.6. The highest BCUT2D eigenvalue weighted by atomic mass is 16.2. The van der Waals surface area contributed by atoms with Crippen molar-refractivity contribution in [3.8, 4) is 0 Å². The number of aryl methyl sites for hydroxylation is 1. The zero-order valence-corrected chi connectivity index (χ0v) is 14.6. The normalized spacial score (nSPS) is 19.2. The molecule has 24 heavy (non-hydrogen) atoms. The smallest absolute Gasteiger partial charge is 0.230 e. The second kappa shape index (κ2) is 7.60. The van der Waals surface area contributed by atoms with Gasteiger partial charge in [0, 0.05) is 25.6 Å². The Morgan fingerprint density at radius 2 is 2.08 bits per heavy atom. The lowest BCUT2D eigenvalue weighted by molar-refractivity contribution is -0.134. The molecule has 0 aliphatic carbocycles. The summed E-state index contributed by atoms with van der Waals surface area (Å²) in [6.07, 6.45) is 4.72. The number of carbonyl (C=O) groups excluding carboxylic acids is 1. The Balaban J connectivity index is 1.75. The van der Waals surface area contributed by atoms with Crippen molar-refractivity contribution in [1.29, 1.82) is 0 Å². The van der Waals surface area contributed by atoms with Gasteiger partial charge in [-0.15, -0.1) is 10.2 Å². The zero-order chi connectivity index (χ0) is 16.9. The highest BCUT2D eigenvalue weighted by molar-refractivity contribution is 5.83. The maximum atomic E-state index is 13.1. The predicted octanol–water partition coefficient (Wildman–Crippen LogP) is 3.20. The number of benzene rings is 1. The van der Waals surface area contributed by atoms with E-state index in [-0.39, 0.29) is 11.8 Å². The van der Waals surface area contributed by atoms with Gasteiger partial charge in [-0.2, -0.15) is 0 Å². The van der Waals surface area contributed by atoms with Gasteiger partial charge in [-0.1, -0.05) is 37.3 Å². The van der Waals surface area contributed by atoms with Crippen LogP contribution < -0.4 is 0 Å². The van der Waals surface area contributed by atoms with Gasteiger partial charge in [-0.3, -0.25) is 4.79 Å². The predicted molar refractivity (Wildman–Crippen MR) is 93.7 cm³/mol. The number of piperidine rings is 1. The van der Waals surface area contributed by atoms with Crippen LogP contribution in [0.25, 0.3) is 0 Å². The van der Waals surface area contributed by atoms with Gasteiger partial charge in [-0.25, -0.2) is 0 Å². The summed E-state index contributed by atoms with van der Waals surface area (Å²) in [7, 11) is 0. The Morgan fingerprint density at radius 3 is 2.79 bits per heavy atom. The minimum Gasteiger partial charge on any atom is -0.341 e. The molecule has 1 aromatic heterocycles. The van der Waals surface area contributed by atoms with Gasteiger partial charge in [0.2, 0.25) is 5.91 Å². The molecule has 5 heteroatoms. The van der Waals surface area contributed by atoms with Gasteiger partial charge in [0.25, 0.3) is 0 Å². The molecular formula is C19H26N4O. The SMILES string of the molecule is CC[C@@H](C(=O)N1CCC[C@@H](c2nncn2CC)C1)c1ccccc1. The van der Waals surface area contributed by atoms with Crippen molar-refractivity contribution in [1.82, 2.24) is 19.7 Å². The molecule has 1 aliphatic heterocycles. The van der Waals surface area contributed by atoms with Crippen LogP contribution in [0.5, 0.6) is 0 Å². The Hall–Kier alpha value is -2.17. The fourth-order valence-corrected chi connectivity index (χ4v) is 3.67. The second-order valence-electron chi connectivity index (χ2n) is 6.47. The summed E-state index contributed by atoms with van der Waals surface area (Å²) in [5, 5.41) is 8.35. The molecule has 2 atom stereocenters. The largest absolute Gasteiger partial charge is 0.341 e. The van der Waals surface area contributed by atoms with Crippen LogP contribution in [0.2, 0.25) is 0 Å². The number of hydrogen-bond donors (Lipinski definition) is 0. The lowest BCUT2D eigenvalue weighted by atomic mass is 9.91. The van der Waals surface area contributed by atoms with E-state index in [4.69, 9.17) is 0 Å². The number of nitrogens with zero attached hydrogens (tertiary/aromatic N) is 4. The molecule has 0 unspecified atom stereocenters. The molecule has 0 spiro atoms. The van der Waals surface area contributed by atoms with E-state index in [9.17, 15) is 4.79 Å². The van der Waals surface area contributed by atoms with Crippen molar-refractivity contribution in [2.45, 2.75) is 51.5 Å². The summed E-state index contributed by atoms with van der Waals surface area (Å²) in [6, 6.07) is 10.1. The molecule has 1 fully saturated rings. The summed E-state index contributed by atoms with van der Waals surface area (Å²) < 4.78 is 2.09. The Kier molecular flexibility index (Phi) is 5.28. The summed E-state index contributed by atoms with van der Waals surface area (Å²) in [6.45, 7) is 6.65. The first kappa shape index (κ1) is 16.7. The summed E-state index contributed by atoms with van der Waals surface area (Å²) in [4.78, 5) is 15.1. The first-order chi connectivity index (χ1) is 11.7. The van der Waals surface area contributed by atoms with E-state index in [1.165, 1.54) is 0 Å². The molecule has 0 bridgehead atoms. The van der Waals surface area contributed by atoms with Gasteiger partial charge < -0.3 is 9.47 Å². The van der Waals surface area contributed by atoms with E-state index in [2.05, 4.69) is 40.7 Å². The minimum absolute atomic E-state index is 0.0472. The van der Waals surface area contributed by atoms with Crippen molar-refractivity contribution in [2.75, 3.05) is 13.1 Å². The van der Waals surface area contributed by atoms with E-state index < -0.39 is 0 Å². The third-order valence-corrected chi connectivity index (χ3v) is 4.99. The van der Waals surface area contributed by atoms with Crippen molar-refractivity contribution in [2.24, 2.45) is 0 Å². The molecule has 2 aromatic rings. The third-order valence-electron chi connectivity index (χ3n) is 4.99. The van der Waals surface area contributed by atoms with Crippen LogP contribution in [0.4, 0.5) is 0 Å². The third kappa shape index (κ3) is 3.35. The maximum Gasteiger partial charge on any atom is 0.230 e. The molecule has 3 rings (SSSR count). The number of hydrogen-bond acceptors (Lipinski definition) is 3. The molecule has 1 amide bonds. The Labute approximate surface area is 143 Å². The molecule has 0 radical (unpaired) electrons. The summed E-state index contributed by atoms with van der Waals surface area (Å²) in [5.41, 5.74) is 1.11. The molecule has 0 N–H and O–H groups in total. The number of likely N-dealkylation sites (tertiary alicyclic amines) is 1. The van der Waals surface area contributed by atoms with Crippen LogP contribution in [0.15, 0.2) is 36.7 Å². The molecule has 1 saturated heterocycles. The van der Waals surface area contributed by atoms with Gasteiger partial charge >= 0.3 is 0 Å². The fraction of sp³-hybridized carbons (Fsp3) is 0.526. The van der Waals surface area contributed by atoms with Gasteiger partial charge in [-0.05, 0) is 31.7 Å². The van der Waals surface area contributed by atoms with E-state index in [0.29, 0.717) is 5.92 Å². The number of aromatic nitrogens is 3. The minimum atomic E-state index is -0.0472. The molecule has 1 aromatic carbocycles. The van der Waals surface area contributed by atoms with Gasteiger partial charge in [0.1, 0.15) is 12.2 Å². The number of amides is 1. The van der Waals surface area contributed by atoms with Crippen molar-refractivity contribution in [3.63, 3.8) is 0 Å². The maximum absolute atomic E-state index is 13.1. The van der Waals surface area contributed by atoms with Gasteiger partial charge in [0.05, 0.1) is 5.92 Å². The first-order valence-corrected chi connectivity index (χ1v) is 8.96. The molecule has 0 saturated carbocycles. The summed E-state index contributed by atoms with van der Waals surface area (Å²) >= 11 is 0. The van der Waals surface area contributed by atoms with Crippen LogP contribution in [0.1, 0.15) is 56.3 Å². The van der Waals surface area contributed by atoms with E-state index >= 15 is 0 Å². The number of rotatable bonds is 5. The average molecular weight is 326 g/mol. The van der Waals surface area contributed by atoms with Crippen LogP contribution in [0, 0.1) is 0 Å². The molecule has 1 aliphatic rings. The molecule has 128 valence electrons. The topological polar surface area (TPSA) is 51.0 Å². The van der Waals surface area contributed by atoms with Gasteiger partial charge in [0.15, 0.2) is 0 Å². The van der Waals surface area contributed by atoms with Crippen LogP contribution in [-0.2, 0) is 11.3 Å². The molecule has 2 heterocycles. The van der Waals surface area contributed by atoms with E-state index in [1.54, 1.807) is 6.33 Å². The quantitative estimate of drug-likeness (QED) is 0.848. The van der Waals surface area contributed by atoms with Crippen LogP contribution >= 0.6 is 0 Å². The van der Waals surface area contributed by atoms with Crippen molar-refractivity contribution < 1.29 is 4.79 Å². The molecular weight excluding hydrogens is 300 g/mol. The highest BCUT2D eigenvalue weighted by Gasteiger charge is 2.31. The Morgan fingerprint density at radius 1 is 1.29 bits per heavy atom. The number of carbonyl (C=O) groups is 1. The lowest BCUT2D eigenvalue weighted by Gasteiger charge is -2.34. The first-order valence-electron chi connectivity index (χ1n) is 8.96. The van der Waals surface area contributed by atoms with Crippen LogP contribution in [0.3, 0.4) is 0 Å². The monoisotopic (exact) mass is 326 g/mol. The summed E-state index contributed by atoms with van der Waals surface area (Å²) in [5.74, 6) is 1.51. The molecule has 5 nitrogen and oxygen atoms in total. The fourth-order valence-electron chi connectivity index (χ4n) is 3.67. The average Bonchev–Trinajstić information content (AvgIpc) is 3.12. The van der Waals surface area contributed by atoms with E-state index in [0.717, 1.165) is 50.3 Å². The Bertz CT molecular complexity index is 667.